The third-order valence-corrected chi connectivity index (χ3v) is 4.89. The van der Waals surface area contributed by atoms with Crippen LogP contribution in [-0.4, -0.2) is 47.1 Å². The van der Waals surface area contributed by atoms with Gasteiger partial charge in [0.1, 0.15) is 0 Å². The Morgan fingerprint density at radius 3 is 2.60 bits per heavy atom. The van der Waals surface area contributed by atoms with Gasteiger partial charge in [-0.15, -0.1) is 0 Å². The maximum absolute atomic E-state index is 12.7. The van der Waals surface area contributed by atoms with Crippen LogP contribution in [0.5, 0.6) is 0 Å². The number of nitrogens with one attached hydrogen (secondary N) is 1. The van der Waals surface area contributed by atoms with E-state index in [1.54, 1.807) is 4.90 Å². The third-order valence-electron chi connectivity index (χ3n) is 4.89. The number of hydrogen-bond acceptors (Lipinski definition) is 3. The molecule has 1 amide bonds. The van der Waals surface area contributed by atoms with Crippen LogP contribution in [0.4, 0.5) is 0 Å². The number of carbonyl (C=O) groups is 2. The molecule has 114 valence electrons. The quantitative estimate of drug-likeness (QED) is 0.822. The lowest BCUT2D eigenvalue weighted by molar-refractivity contribution is -0.157. The van der Waals surface area contributed by atoms with Crippen LogP contribution in [-0.2, 0) is 9.59 Å². The summed E-state index contributed by atoms with van der Waals surface area (Å²) < 4.78 is 0. The second kappa shape index (κ2) is 5.72. The minimum Gasteiger partial charge on any atom is -0.481 e. The Morgan fingerprint density at radius 1 is 1.30 bits per heavy atom. The summed E-state index contributed by atoms with van der Waals surface area (Å²) in [5.41, 5.74) is -1.23. The normalized spacial score (nSPS) is 34.2. The molecule has 2 aliphatic heterocycles. The number of amides is 1. The molecule has 0 aromatic carbocycles. The first-order chi connectivity index (χ1) is 9.43. The fraction of sp³-hybridized carbons (Fsp3) is 0.867. The monoisotopic (exact) mass is 282 g/mol. The highest BCUT2D eigenvalue weighted by Gasteiger charge is 2.46. The molecule has 20 heavy (non-hydrogen) atoms. The Bertz CT molecular complexity index is 387. The van der Waals surface area contributed by atoms with Crippen LogP contribution in [0.3, 0.4) is 0 Å². The number of carbonyl (C=O) groups excluding carboxylic acids is 1. The molecule has 5 nitrogen and oxygen atoms in total. The van der Waals surface area contributed by atoms with Crippen molar-refractivity contribution in [2.45, 2.75) is 57.9 Å². The van der Waals surface area contributed by atoms with Crippen molar-refractivity contribution in [3.8, 4) is 0 Å². The Balaban J connectivity index is 2.13. The average molecular weight is 282 g/mol. The number of likely N-dealkylation sites (tertiary alicyclic amines) is 1. The molecule has 0 spiro atoms. The molecule has 2 N–H and O–H groups in total. The van der Waals surface area contributed by atoms with Gasteiger partial charge in [-0.1, -0.05) is 13.3 Å². The molecule has 0 aromatic heterocycles. The van der Waals surface area contributed by atoms with Crippen LogP contribution < -0.4 is 5.32 Å². The van der Waals surface area contributed by atoms with Crippen molar-refractivity contribution in [1.29, 1.82) is 0 Å². The number of hydrogen-bond donors (Lipinski definition) is 2. The van der Waals surface area contributed by atoms with Crippen molar-refractivity contribution < 1.29 is 14.7 Å². The van der Waals surface area contributed by atoms with E-state index in [1.807, 2.05) is 13.8 Å². The largest absolute Gasteiger partial charge is 0.481 e. The number of piperidine rings is 1. The number of nitrogens with zero attached hydrogens (tertiary/aromatic N) is 1. The van der Waals surface area contributed by atoms with Crippen molar-refractivity contribution in [3.05, 3.63) is 0 Å². The van der Waals surface area contributed by atoms with Crippen molar-refractivity contribution in [2.24, 2.45) is 5.41 Å². The predicted octanol–water partition coefficient (Wildman–Crippen LogP) is 1.62. The van der Waals surface area contributed by atoms with Gasteiger partial charge in [-0.05, 0) is 45.6 Å². The summed E-state index contributed by atoms with van der Waals surface area (Å²) in [4.78, 5) is 26.2. The van der Waals surface area contributed by atoms with E-state index in [9.17, 15) is 14.7 Å². The van der Waals surface area contributed by atoms with Gasteiger partial charge in [-0.25, -0.2) is 0 Å². The van der Waals surface area contributed by atoms with E-state index in [0.717, 1.165) is 32.2 Å². The molecule has 0 bridgehead atoms. The van der Waals surface area contributed by atoms with Gasteiger partial charge in [0.15, 0.2) is 0 Å². The van der Waals surface area contributed by atoms with Crippen LogP contribution in [0.2, 0.25) is 0 Å². The Labute approximate surface area is 120 Å². The first-order valence-corrected chi connectivity index (χ1v) is 7.71. The summed E-state index contributed by atoms with van der Waals surface area (Å²) >= 11 is 0. The predicted molar refractivity (Wildman–Crippen MR) is 76.4 cm³/mol. The zero-order chi connectivity index (χ0) is 14.8. The fourth-order valence-corrected chi connectivity index (χ4v) is 3.70. The van der Waals surface area contributed by atoms with E-state index in [4.69, 9.17) is 0 Å². The van der Waals surface area contributed by atoms with Crippen LogP contribution >= 0.6 is 0 Å². The lowest BCUT2D eigenvalue weighted by atomic mass is 9.76. The SMILES string of the molecule is CCCC1(C(=O)O)CCCN(C(=O)C2(C)CCCN2)C1. The molecule has 2 saturated heterocycles. The highest BCUT2D eigenvalue weighted by molar-refractivity contribution is 5.87. The minimum atomic E-state index is -0.749. The molecular formula is C15H26N2O3. The maximum Gasteiger partial charge on any atom is 0.311 e. The highest BCUT2D eigenvalue weighted by atomic mass is 16.4. The smallest absolute Gasteiger partial charge is 0.311 e. The summed E-state index contributed by atoms with van der Waals surface area (Å²) in [5.74, 6) is -0.669. The van der Waals surface area contributed by atoms with Crippen molar-refractivity contribution in [3.63, 3.8) is 0 Å². The number of aliphatic carboxylic acids is 1. The van der Waals surface area contributed by atoms with E-state index in [2.05, 4.69) is 5.32 Å². The van der Waals surface area contributed by atoms with Gasteiger partial charge >= 0.3 is 5.97 Å². The van der Waals surface area contributed by atoms with Gasteiger partial charge in [-0.3, -0.25) is 9.59 Å². The van der Waals surface area contributed by atoms with Crippen molar-refractivity contribution in [1.82, 2.24) is 10.2 Å². The first-order valence-electron chi connectivity index (χ1n) is 7.71. The van der Waals surface area contributed by atoms with Crippen LogP contribution in [0, 0.1) is 5.41 Å². The van der Waals surface area contributed by atoms with E-state index in [-0.39, 0.29) is 5.91 Å². The molecule has 2 heterocycles. The molecule has 0 radical (unpaired) electrons. The summed E-state index contributed by atoms with van der Waals surface area (Å²) in [6.07, 6.45) is 4.81. The maximum atomic E-state index is 12.7. The zero-order valence-corrected chi connectivity index (χ0v) is 12.6. The standard InChI is InChI=1S/C15H26N2O3/c1-3-6-15(13(19)20)8-5-10-17(11-15)12(18)14(2)7-4-9-16-14/h16H,3-11H2,1-2H3,(H,19,20). The van der Waals surface area contributed by atoms with Crippen molar-refractivity contribution in [2.75, 3.05) is 19.6 Å². The van der Waals surface area contributed by atoms with Gasteiger partial charge < -0.3 is 15.3 Å². The highest BCUT2D eigenvalue weighted by Crippen LogP contribution is 2.36. The number of carboxylic acid groups (broad SMARTS) is 1. The molecular weight excluding hydrogens is 256 g/mol. The van der Waals surface area contributed by atoms with E-state index in [0.29, 0.717) is 25.9 Å². The molecule has 0 aliphatic carbocycles. The first kappa shape index (κ1) is 15.3. The lowest BCUT2D eigenvalue weighted by Gasteiger charge is -2.42. The molecule has 0 saturated carbocycles. The van der Waals surface area contributed by atoms with Crippen molar-refractivity contribution >= 4 is 11.9 Å². The summed E-state index contributed by atoms with van der Waals surface area (Å²) in [5, 5.41) is 12.9. The molecule has 2 atom stereocenters. The van der Waals surface area contributed by atoms with E-state index < -0.39 is 16.9 Å². The number of carboxylic acids is 1. The average Bonchev–Trinajstić information content (AvgIpc) is 2.86. The molecule has 2 unspecified atom stereocenters. The number of rotatable bonds is 4. The van der Waals surface area contributed by atoms with Crippen LogP contribution in [0.1, 0.15) is 52.4 Å². The van der Waals surface area contributed by atoms with Gasteiger partial charge in [0.05, 0.1) is 11.0 Å². The second-order valence-electron chi connectivity index (χ2n) is 6.53. The van der Waals surface area contributed by atoms with E-state index >= 15 is 0 Å². The van der Waals surface area contributed by atoms with Crippen LogP contribution in [0.15, 0.2) is 0 Å². The lowest BCUT2D eigenvalue weighted by Crippen LogP contribution is -2.58. The molecule has 5 heteroatoms. The summed E-state index contributed by atoms with van der Waals surface area (Å²) in [6.45, 7) is 5.88. The Kier molecular flexibility index (Phi) is 4.37. The van der Waals surface area contributed by atoms with Gasteiger partial charge in [0, 0.05) is 13.1 Å². The summed E-state index contributed by atoms with van der Waals surface area (Å²) in [7, 11) is 0. The van der Waals surface area contributed by atoms with Gasteiger partial charge in [-0.2, -0.15) is 0 Å². The van der Waals surface area contributed by atoms with E-state index in [1.165, 1.54) is 0 Å². The Hall–Kier alpha value is -1.10. The molecule has 2 aliphatic rings. The van der Waals surface area contributed by atoms with Crippen LogP contribution in [0.25, 0.3) is 0 Å². The summed E-state index contributed by atoms with van der Waals surface area (Å²) in [6, 6.07) is 0. The van der Waals surface area contributed by atoms with Gasteiger partial charge in [0.25, 0.3) is 0 Å². The fourth-order valence-electron chi connectivity index (χ4n) is 3.70. The van der Waals surface area contributed by atoms with Gasteiger partial charge in [0.2, 0.25) is 5.91 Å². The second-order valence-corrected chi connectivity index (χ2v) is 6.53. The molecule has 2 fully saturated rings. The topological polar surface area (TPSA) is 69.6 Å². The molecule has 2 rings (SSSR count). The zero-order valence-electron chi connectivity index (χ0n) is 12.6. The Morgan fingerprint density at radius 2 is 2.05 bits per heavy atom. The third kappa shape index (κ3) is 2.68. The minimum absolute atomic E-state index is 0.0800. The molecule has 0 aromatic rings.